The van der Waals surface area contributed by atoms with Crippen LogP contribution in [0, 0.1) is 20.8 Å². The van der Waals surface area contributed by atoms with Crippen molar-refractivity contribution in [2.75, 3.05) is 0 Å². The van der Waals surface area contributed by atoms with Crippen LogP contribution in [-0.4, -0.2) is 52.2 Å². The van der Waals surface area contributed by atoms with Crippen molar-refractivity contribution >= 4 is 53.1 Å². The number of rotatable bonds is 15. The molecule has 0 aliphatic carbocycles. The number of nitrogens with zero attached hydrogens (tertiary/aromatic N) is 2. The molecule has 1 amide bonds. The number of hydrogen-bond donors (Lipinski definition) is 5. The number of hydrazine groups is 2. The van der Waals surface area contributed by atoms with Crippen LogP contribution in [0.4, 0.5) is 0 Å². The van der Waals surface area contributed by atoms with Crippen LogP contribution < -0.4 is 23.0 Å². The quantitative estimate of drug-likeness (QED) is 0.0443. The van der Waals surface area contributed by atoms with Gasteiger partial charge >= 0.3 is 5.97 Å². The number of carboxylic acids is 1. The van der Waals surface area contributed by atoms with Crippen LogP contribution >= 0.6 is 35.3 Å². The monoisotopic (exact) mass is 828 g/mol. The molecular weight excluding hydrogens is 765 g/mol. The first-order chi connectivity index (χ1) is 25.8. The first-order valence-electron chi connectivity index (χ1n) is 17.9. The van der Waals surface area contributed by atoms with Gasteiger partial charge in [0, 0.05) is 56.7 Å². The molecule has 0 spiro atoms. The van der Waals surface area contributed by atoms with Gasteiger partial charge < -0.3 is 10.6 Å². The number of nitrogens with one attached hydrogen (secondary N) is 1. The summed E-state index contributed by atoms with van der Waals surface area (Å²) in [6.07, 6.45) is 6.01. The Morgan fingerprint density at radius 3 is 1.29 bits per heavy atom. The van der Waals surface area contributed by atoms with Crippen molar-refractivity contribution in [3.05, 3.63) is 125 Å². The number of aromatic nitrogens is 2. The number of nitrogens with two attached hydrogens (primary N) is 3. The Balaban J connectivity index is 0.000000791. The highest BCUT2D eigenvalue weighted by molar-refractivity contribution is 8.00. The molecule has 310 valence electrons. The van der Waals surface area contributed by atoms with Crippen LogP contribution in [-0.2, 0) is 26.8 Å². The van der Waals surface area contributed by atoms with Crippen LogP contribution in [0.5, 0.6) is 0 Å². The van der Waals surface area contributed by atoms with Gasteiger partial charge in [-0.15, -0.1) is 0 Å². The van der Waals surface area contributed by atoms with E-state index in [0.29, 0.717) is 12.8 Å². The number of thioether (sulfide) groups is 3. The van der Waals surface area contributed by atoms with Gasteiger partial charge in [-0.2, -0.15) is 35.3 Å². The summed E-state index contributed by atoms with van der Waals surface area (Å²) >= 11 is 5.26. The predicted molar refractivity (Wildman–Crippen MR) is 238 cm³/mol. The standard InChI is InChI=1S/C16H20N2OS.C13H20N2OS.C13H18O2S.H4N2.H2O/c1-13-4-6-14(7-5-13)11-20-16(2,3)10-15(19)18-9-8-17-12-18;1-10-4-6-11(7-5-10)9-17-13(2,3)8-12(16)15-14;1-10-4-6-11(7-5-10)9-16-13(2,3)8-12(14)15;1-2;/h4-9,12H,10-11H2,1-3H3;4-7H,8-9,14H2,1-3H3,(H,15,16);4-7H,8-9H2,1-3H3,(H,14,15);1-2H2;1H2. The molecule has 0 radical (unpaired) electrons. The average molecular weight is 829 g/mol. The predicted octanol–water partition coefficient (Wildman–Crippen LogP) is 7.80. The molecule has 4 aromatic rings. The first kappa shape index (κ1) is 52.4. The van der Waals surface area contributed by atoms with Crippen LogP contribution in [0.15, 0.2) is 91.5 Å². The second-order valence-corrected chi connectivity index (χ2v) is 20.0. The Bertz CT molecular complexity index is 1700. The van der Waals surface area contributed by atoms with Gasteiger partial charge in [-0.25, -0.2) is 10.8 Å². The highest BCUT2D eigenvalue weighted by Gasteiger charge is 2.24. The molecule has 10 N–H and O–H groups in total. The van der Waals surface area contributed by atoms with Gasteiger partial charge in [-0.1, -0.05) is 131 Å². The number of benzene rings is 3. The molecule has 0 bridgehead atoms. The summed E-state index contributed by atoms with van der Waals surface area (Å²) in [5.41, 5.74) is 9.78. The van der Waals surface area contributed by atoms with E-state index in [-0.39, 0.29) is 38.0 Å². The minimum absolute atomic E-state index is 0. The molecule has 0 fully saturated rings. The van der Waals surface area contributed by atoms with Crippen molar-refractivity contribution in [2.45, 2.75) is 113 Å². The number of aryl methyl sites for hydroxylation is 3. The highest BCUT2D eigenvalue weighted by Crippen LogP contribution is 2.33. The maximum Gasteiger partial charge on any atom is 0.304 e. The molecule has 4 rings (SSSR count). The van der Waals surface area contributed by atoms with Crippen molar-refractivity contribution < 1.29 is 25.0 Å². The van der Waals surface area contributed by atoms with E-state index in [4.69, 9.17) is 10.9 Å². The summed E-state index contributed by atoms with van der Waals surface area (Å²) < 4.78 is 1.14. The molecule has 0 aliphatic heterocycles. The van der Waals surface area contributed by atoms with Gasteiger partial charge in [0.1, 0.15) is 6.33 Å². The van der Waals surface area contributed by atoms with Crippen LogP contribution in [0.25, 0.3) is 0 Å². The third-order valence-electron chi connectivity index (χ3n) is 7.94. The fourth-order valence-corrected chi connectivity index (χ4v) is 7.64. The molecule has 1 aromatic heterocycles. The topological polar surface area (TPSA) is 211 Å². The number of carbonyl (C=O) groups is 3. The molecule has 0 saturated carbocycles. The molecule has 0 unspecified atom stereocenters. The van der Waals surface area contributed by atoms with Crippen molar-refractivity contribution in [3.63, 3.8) is 0 Å². The first-order valence-corrected chi connectivity index (χ1v) is 20.9. The van der Waals surface area contributed by atoms with Crippen LogP contribution in [0.1, 0.15) is 99.0 Å². The molecule has 0 aliphatic rings. The van der Waals surface area contributed by atoms with Crippen molar-refractivity contribution in [2.24, 2.45) is 17.5 Å². The Hall–Kier alpha value is -3.63. The third kappa shape index (κ3) is 23.4. The summed E-state index contributed by atoms with van der Waals surface area (Å²) in [6.45, 7) is 18.5. The zero-order chi connectivity index (χ0) is 41.7. The molecule has 0 saturated heterocycles. The Labute approximate surface area is 347 Å². The summed E-state index contributed by atoms with van der Waals surface area (Å²) in [5, 5.41) is 8.77. The molecule has 56 heavy (non-hydrogen) atoms. The lowest BCUT2D eigenvalue weighted by atomic mass is 10.1. The minimum atomic E-state index is -0.735. The maximum absolute atomic E-state index is 12.1. The molecular formula is C42H64N6O5S3. The molecule has 3 aromatic carbocycles. The number of amides is 1. The van der Waals surface area contributed by atoms with Gasteiger partial charge in [-0.05, 0) is 37.5 Å². The highest BCUT2D eigenvalue weighted by atomic mass is 32.2. The summed E-state index contributed by atoms with van der Waals surface area (Å²) in [5.74, 6) is 15.0. The summed E-state index contributed by atoms with van der Waals surface area (Å²) in [7, 11) is 0. The van der Waals surface area contributed by atoms with Gasteiger partial charge in [0.2, 0.25) is 11.8 Å². The fourth-order valence-electron chi connectivity index (χ4n) is 4.71. The van der Waals surface area contributed by atoms with E-state index in [9.17, 15) is 14.4 Å². The van der Waals surface area contributed by atoms with Crippen LogP contribution in [0.2, 0.25) is 0 Å². The smallest absolute Gasteiger partial charge is 0.304 e. The van der Waals surface area contributed by atoms with Gasteiger partial charge in [0.25, 0.3) is 0 Å². The molecule has 1 heterocycles. The largest absolute Gasteiger partial charge is 0.481 e. The Kier molecular flexibility index (Phi) is 24.6. The van der Waals surface area contributed by atoms with E-state index in [1.54, 1.807) is 46.8 Å². The number of aliphatic carboxylic acids is 1. The Morgan fingerprint density at radius 2 is 0.982 bits per heavy atom. The van der Waals surface area contributed by atoms with E-state index >= 15 is 0 Å². The third-order valence-corrected chi connectivity index (χ3v) is 12.2. The number of hydrogen-bond acceptors (Lipinski definition) is 10. The maximum atomic E-state index is 12.1. The lowest BCUT2D eigenvalue weighted by Gasteiger charge is -2.23. The zero-order valence-electron chi connectivity index (χ0n) is 34.4. The fraction of sp³-hybridized carbons (Fsp3) is 0.429. The minimum Gasteiger partial charge on any atom is -0.481 e. The zero-order valence-corrected chi connectivity index (χ0v) is 36.9. The van der Waals surface area contributed by atoms with Gasteiger partial charge in [-0.3, -0.25) is 36.1 Å². The normalized spacial score (nSPS) is 10.9. The average Bonchev–Trinajstić information content (AvgIpc) is 3.67. The molecule has 14 heteroatoms. The SMILES string of the molecule is Cc1ccc(CSC(C)(C)CC(=O)NN)cc1.Cc1ccc(CSC(C)(C)CC(=O)O)cc1.Cc1ccc(CSC(C)(C)CC(=O)n2ccnc2)cc1.NN.O. The van der Waals surface area contributed by atoms with E-state index in [1.165, 1.54) is 33.4 Å². The van der Waals surface area contributed by atoms with E-state index < -0.39 is 5.97 Å². The second kappa shape index (κ2) is 26.3. The van der Waals surface area contributed by atoms with E-state index in [1.807, 2.05) is 25.6 Å². The van der Waals surface area contributed by atoms with E-state index in [0.717, 1.165) is 17.3 Å². The lowest BCUT2D eigenvalue weighted by Crippen LogP contribution is -2.35. The molecule has 11 nitrogen and oxygen atoms in total. The van der Waals surface area contributed by atoms with Crippen molar-refractivity contribution in [1.29, 1.82) is 0 Å². The summed E-state index contributed by atoms with van der Waals surface area (Å²) in [4.78, 5) is 37.9. The van der Waals surface area contributed by atoms with Crippen LogP contribution in [0.3, 0.4) is 0 Å². The Morgan fingerprint density at radius 1 is 0.643 bits per heavy atom. The summed E-state index contributed by atoms with van der Waals surface area (Å²) in [6, 6.07) is 25.4. The van der Waals surface area contributed by atoms with Crippen molar-refractivity contribution in [3.8, 4) is 0 Å². The lowest BCUT2D eigenvalue weighted by molar-refractivity contribution is -0.137. The number of carboxylic acid groups (broad SMARTS) is 1. The van der Waals surface area contributed by atoms with Crippen molar-refractivity contribution in [1.82, 2.24) is 15.0 Å². The number of imidazole rings is 1. The molecule has 0 atom stereocenters. The van der Waals surface area contributed by atoms with Gasteiger partial charge in [0.05, 0.1) is 6.42 Å². The second-order valence-electron chi connectivity index (χ2n) is 15.0. The van der Waals surface area contributed by atoms with E-state index in [2.05, 4.69) is 143 Å². The van der Waals surface area contributed by atoms with Gasteiger partial charge in [0.15, 0.2) is 0 Å². The number of carbonyl (C=O) groups excluding carboxylic acids is 2.